The van der Waals surface area contributed by atoms with Gasteiger partial charge in [-0.2, -0.15) is 4.31 Å². The van der Waals surface area contributed by atoms with Gasteiger partial charge in [-0.1, -0.05) is 24.3 Å². The number of hydrogen-bond donors (Lipinski definition) is 1. The van der Waals surface area contributed by atoms with Gasteiger partial charge in [-0.25, -0.2) is 8.42 Å². The number of fused-ring (bicyclic) bond motifs is 1. The Bertz CT molecular complexity index is 1160. The molecule has 4 rings (SSSR count). The van der Waals surface area contributed by atoms with Gasteiger partial charge in [0.1, 0.15) is 0 Å². The van der Waals surface area contributed by atoms with Gasteiger partial charge in [0.2, 0.25) is 10.0 Å². The van der Waals surface area contributed by atoms with Gasteiger partial charge in [-0.3, -0.25) is 4.79 Å². The van der Waals surface area contributed by atoms with Crippen molar-refractivity contribution in [2.75, 3.05) is 32.8 Å². The summed E-state index contributed by atoms with van der Waals surface area (Å²) in [6, 6.07) is 13.0. The van der Waals surface area contributed by atoms with Crippen molar-refractivity contribution in [1.29, 1.82) is 0 Å². The summed E-state index contributed by atoms with van der Waals surface area (Å²) in [4.78, 5) is 12.8. The van der Waals surface area contributed by atoms with Crippen LogP contribution in [-0.4, -0.2) is 51.5 Å². The summed E-state index contributed by atoms with van der Waals surface area (Å²) in [6.07, 6.45) is 0.723. The number of thiophene rings is 1. The van der Waals surface area contributed by atoms with Crippen LogP contribution in [0.4, 0.5) is 0 Å². The Morgan fingerprint density at radius 3 is 2.73 bits per heavy atom. The van der Waals surface area contributed by atoms with Crippen molar-refractivity contribution >= 4 is 37.4 Å². The van der Waals surface area contributed by atoms with Crippen molar-refractivity contribution in [1.82, 2.24) is 9.62 Å². The third-order valence-corrected chi connectivity index (χ3v) is 8.33. The number of ether oxygens (including phenoxy) is 1. The van der Waals surface area contributed by atoms with E-state index in [-0.39, 0.29) is 10.8 Å². The first-order chi connectivity index (χ1) is 14.5. The number of morpholine rings is 1. The lowest BCUT2D eigenvalue weighted by Crippen LogP contribution is -2.41. The van der Waals surface area contributed by atoms with Crippen LogP contribution in [0.1, 0.15) is 21.5 Å². The summed E-state index contributed by atoms with van der Waals surface area (Å²) in [5.41, 5.74) is 2.18. The van der Waals surface area contributed by atoms with Gasteiger partial charge in [-0.15, -0.1) is 11.3 Å². The van der Waals surface area contributed by atoms with E-state index in [4.69, 9.17) is 4.74 Å². The van der Waals surface area contributed by atoms with Crippen LogP contribution in [0.2, 0.25) is 0 Å². The topological polar surface area (TPSA) is 75.7 Å². The molecule has 0 unspecified atom stereocenters. The molecule has 1 aromatic heterocycles. The van der Waals surface area contributed by atoms with Crippen LogP contribution < -0.4 is 5.32 Å². The number of aryl methyl sites for hydroxylation is 1. The van der Waals surface area contributed by atoms with Crippen LogP contribution in [0.15, 0.2) is 52.7 Å². The van der Waals surface area contributed by atoms with Crippen LogP contribution >= 0.6 is 11.3 Å². The molecule has 6 nitrogen and oxygen atoms in total. The fourth-order valence-electron chi connectivity index (χ4n) is 3.58. The van der Waals surface area contributed by atoms with Crippen LogP contribution in [0, 0.1) is 6.92 Å². The zero-order chi connectivity index (χ0) is 21.1. The molecule has 0 bridgehead atoms. The zero-order valence-corrected chi connectivity index (χ0v) is 18.4. The molecular weight excluding hydrogens is 420 g/mol. The number of carbonyl (C=O) groups excluding carboxylic acids is 1. The molecule has 0 radical (unpaired) electrons. The lowest BCUT2D eigenvalue weighted by molar-refractivity contribution is 0.0730. The summed E-state index contributed by atoms with van der Waals surface area (Å²) in [7, 11) is -3.65. The molecule has 1 aliphatic heterocycles. The van der Waals surface area contributed by atoms with Gasteiger partial charge in [0.15, 0.2) is 0 Å². The monoisotopic (exact) mass is 444 g/mol. The maximum absolute atomic E-state index is 13.0. The Labute approximate surface area is 180 Å². The highest BCUT2D eigenvalue weighted by molar-refractivity contribution is 7.89. The van der Waals surface area contributed by atoms with Crippen molar-refractivity contribution in [2.45, 2.75) is 18.2 Å². The highest BCUT2D eigenvalue weighted by Gasteiger charge is 2.28. The Balaban J connectivity index is 1.46. The van der Waals surface area contributed by atoms with E-state index in [9.17, 15) is 13.2 Å². The Kier molecular flexibility index (Phi) is 6.19. The van der Waals surface area contributed by atoms with Gasteiger partial charge in [0.25, 0.3) is 5.91 Å². The number of benzene rings is 2. The molecule has 158 valence electrons. The third-order valence-electron chi connectivity index (χ3n) is 5.28. The number of sulfonamides is 1. The molecule has 0 aliphatic carbocycles. The fraction of sp³-hybridized carbons (Fsp3) is 0.318. The van der Waals surface area contributed by atoms with Gasteiger partial charge in [0, 0.05) is 29.9 Å². The second-order valence-electron chi connectivity index (χ2n) is 7.26. The molecule has 0 atom stereocenters. The van der Waals surface area contributed by atoms with Crippen LogP contribution in [0.3, 0.4) is 0 Å². The number of amides is 1. The minimum Gasteiger partial charge on any atom is -0.379 e. The summed E-state index contributed by atoms with van der Waals surface area (Å²) < 4.78 is 33.9. The molecule has 8 heteroatoms. The van der Waals surface area contributed by atoms with Crippen molar-refractivity contribution in [3.63, 3.8) is 0 Å². The molecule has 3 aromatic rings. The van der Waals surface area contributed by atoms with Crippen molar-refractivity contribution in [3.05, 3.63) is 64.5 Å². The molecule has 1 fully saturated rings. The molecule has 0 spiro atoms. The van der Waals surface area contributed by atoms with E-state index in [2.05, 4.69) is 22.8 Å². The predicted molar refractivity (Wildman–Crippen MR) is 119 cm³/mol. The molecule has 1 saturated heterocycles. The average Bonchev–Trinajstić information content (AvgIpc) is 3.17. The Morgan fingerprint density at radius 2 is 1.93 bits per heavy atom. The predicted octanol–water partition coefficient (Wildman–Crippen LogP) is 3.20. The summed E-state index contributed by atoms with van der Waals surface area (Å²) >= 11 is 1.70. The second kappa shape index (κ2) is 8.85. The standard InChI is InChI=1S/C22H24N2O4S2/c1-16-6-7-17(14-21(16)30(26,27)24-10-12-28-13-11-24)22(25)23-9-8-18-15-29-20-5-3-2-4-19(18)20/h2-7,14-15H,8-13H2,1H3,(H,23,25). The summed E-state index contributed by atoms with van der Waals surface area (Å²) in [5.74, 6) is -0.270. The molecule has 2 aromatic carbocycles. The normalized spacial score (nSPS) is 15.4. The number of hydrogen-bond acceptors (Lipinski definition) is 5. The van der Waals surface area contributed by atoms with Gasteiger partial charge in [-0.05, 0) is 53.4 Å². The highest BCUT2D eigenvalue weighted by atomic mass is 32.2. The number of nitrogens with one attached hydrogen (secondary N) is 1. The molecule has 1 aliphatic rings. The SMILES string of the molecule is Cc1ccc(C(=O)NCCc2csc3ccccc23)cc1S(=O)(=O)N1CCOCC1. The van der Waals surface area contributed by atoms with E-state index < -0.39 is 10.0 Å². The van der Waals surface area contributed by atoms with Crippen LogP contribution in [0.25, 0.3) is 10.1 Å². The Hall–Kier alpha value is -2.26. The fourth-order valence-corrected chi connectivity index (χ4v) is 6.24. The molecule has 1 amide bonds. The van der Waals surface area contributed by atoms with E-state index >= 15 is 0 Å². The number of rotatable bonds is 6. The van der Waals surface area contributed by atoms with E-state index in [1.807, 2.05) is 12.1 Å². The highest BCUT2D eigenvalue weighted by Crippen LogP contribution is 2.26. The first-order valence-corrected chi connectivity index (χ1v) is 12.2. The van der Waals surface area contributed by atoms with E-state index in [1.54, 1.807) is 30.4 Å². The largest absolute Gasteiger partial charge is 0.379 e. The third kappa shape index (κ3) is 4.27. The minimum absolute atomic E-state index is 0.181. The molecule has 1 N–H and O–H groups in total. The Morgan fingerprint density at radius 1 is 1.17 bits per heavy atom. The van der Waals surface area contributed by atoms with Crippen molar-refractivity contribution in [2.24, 2.45) is 0 Å². The number of carbonyl (C=O) groups is 1. The maximum Gasteiger partial charge on any atom is 0.251 e. The zero-order valence-electron chi connectivity index (χ0n) is 16.8. The average molecular weight is 445 g/mol. The van der Waals surface area contributed by atoms with E-state index in [0.717, 1.165) is 6.42 Å². The molecule has 0 saturated carbocycles. The first-order valence-electron chi connectivity index (χ1n) is 9.88. The maximum atomic E-state index is 13.0. The van der Waals surface area contributed by atoms with Crippen molar-refractivity contribution in [3.8, 4) is 0 Å². The quantitative estimate of drug-likeness (QED) is 0.634. The van der Waals surface area contributed by atoms with Crippen molar-refractivity contribution < 1.29 is 17.9 Å². The van der Waals surface area contributed by atoms with Gasteiger partial charge >= 0.3 is 0 Å². The van der Waals surface area contributed by atoms with Crippen LogP contribution in [0.5, 0.6) is 0 Å². The van der Waals surface area contributed by atoms with Crippen LogP contribution in [-0.2, 0) is 21.2 Å². The summed E-state index contributed by atoms with van der Waals surface area (Å²) in [6.45, 7) is 3.65. The lowest BCUT2D eigenvalue weighted by atomic mass is 10.1. The molecular formula is C22H24N2O4S2. The van der Waals surface area contributed by atoms with Gasteiger partial charge < -0.3 is 10.1 Å². The summed E-state index contributed by atoms with van der Waals surface area (Å²) in [5, 5.41) is 6.25. The smallest absolute Gasteiger partial charge is 0.251 e. The first kappa shape index (κ1) is 21.0. The number of nitrogens with zero attached hydrogens (tertiary/aromatic N) is 1. The molecule has 30 heavy (non-hydrogen) atoms. The lowest BCUT2D eigenvalue weighted by Gasteiger charge is -2.26. The van der Waals surface area contributed by atoms with Gasteiger partial charge in [0.05, 0.1) is 18.1 Å². The van der Waals surface area contributed by atoms with E-state index in [0.29, 0.717) is 44.0 Å². The minimum atomic E-state index is -3.65. The van der Waals surface area contributed by atoms with E-state index in [1.165, 1.54) is 26.0 Å². The second-order valence-corrected chi connectivity index (χ2v) is 10.1. The molecule has 2 heterocycles.